The number of nitrogens with zero attached hydrogens (tertiary/aromatic N) is 1. The van der Waals surface area contributed by atoms with E-state index in [0.29, 0.717) is 18.4 Å². The molecule has 9 heteroatoms. The second-order valence-corrected chi connectivity index (χ2v) is 13.7. The highest BCUT2D eigenvalue weighted by Crippen LogP contribution is 2.39. The summed E-state index contributed by atoms with van der Waals surface area (Å²) in [4.78, 5) is 40.1. The summed E-state index contributed by atoms with van der Waals surface area (Å²) in [5.74, 6) is -2.03. The Kier molecular flexibility index (Phi) is 9.71. The van der Waals surface area contributed by atoms with Crippen LogP contribution >= 0.6 is 0 Å². The van der Waals surface area contributed by atoms with Gasteiger partial charge in [0, 0.05) is 6.54 Å². The first kappa shape index (κ1) is 33.6. The molecule has 1 unspecified atom stereocenters. The van der Waals surface area contributed by atoms with Crippen LogP contribution < -0.4 is 5.32 Å². The van der Waals surface area contributed by atoms with Crippen molar-refractivity contribution in [2.24, 2.45) is 5.41 Å². The molecule has 3 N–H and O–H groups in total. The predicted molar refractivity (Wildman–Crippen MR) is 165 cm³/mol. The number of carbonyl (C=O) groups excluding carboxylic acids is 2. The zero-order valence-electron chi connectivity index (χ0n) is 26.8. The van der Waals surface area contributed by atoms with Gasteiger partial charge in [-0.1, -0.05) is 55.8 Å². The molecule has 0 bridgehead atoms. The number of carboxylic acids is 1. The number of aliphatic carboxylic acids is 1. The number of esters is 2. The fourth-order valence-corrected chi connectivity index (χ4v) is 5.02. The Morgan fingerprint density at radius 1 is 0.930 bits per heavy atom. The van der Waals surface area contributed by atoms with Crippen LogP contribution in [-0.4, -0.2) is 56.5 Å². The first-order valence-corrected chi connectivity index (χ1v) is 14.6. The van der Waals surface area contributed by atoms with Crippen LogP contribution in [0.2, 0.25) is 0 Å². The Morgan fingerprint density at radius 3 is 2.05 bits per heavy atom. The van der Waals surface area contributed by atoms with E-state index in [9.17, 15) is 24.6 Å². The smallest absolute Gasteiger partial charge is 0.354 e. The Bertz CT molecular complexity index is 1380. The normalized spacial score (nSPS) is 17.5. The monoisotopic (exact) mass is 594 g/mol. The maximum Gasteiger partial charge on any atom is 0.354 e. The average Bonchev–Trinajstić information content (AvgIpc) is 3.21. The van der Waals surface area contributed by atoms with Gasteiger partial charge in [0.1, 0.15) is 29.2 Å². The molecule has 9 nitrogen and oxygen atoms in total. The van der Waals surface area contributed by atoms with Crippen LogP contribution in [0.15, 0.2) is 59.9 Å². The van der Waals surface area contributed by atoms with Gasteiger partial charge in [-0.15, -0.1) is 0 Å². The highest BCUT2D eigenvalue weighted by Gasteiger charge is 2.51. The molecule has 0 saturated carbocycles. The topological polar surface area (TPSA) is 125 Å². The summed E-state index contributed by atoms with van der Waals surface area (Å²) in [5.41, 5.74) is -1.14. The largest absolute Gasteiger partial charge is 0.477 e. The number of hydrogen-bond acceptors (Lipinski definition) is 8. The molecule has 0 radical (unpaired) electrons. The molecule has 0 amide bonds. The van der Waals surface area contributed by atoms with E-state index in [-0.39, 0.29) is 24.5 Å². The minimum atomic E-state index is -1.50. The number of nitrogens with one attached hydrogen (secondary N) is 1. The molecule has 1 aliphatic rings. The van der Waals surface area contributed by atoms with Gasteiger partial charge in [-0.05, 0) is 84.6 Å². The van der Waals surface area contributed by atoms with Crippen LogP contribution in [-0.2, 0) is 25.6 Å². The molecule has 1 heterocycles. The lowest BCUT2D eigenvalue weighted by Crippen LogP contribution is -2.57. The van der Waals surface area contributed by atoms with E-state index >= 15 is 0 Å². The van der Waals surface area contributed by atoms with Crippen molar-refractivity contribution in [1.29, 1.82) is 0 Å². The molecule has 0 saturated heterocycles. The number of aliphatic hydroxyl groups is 1. The third kappa shape index (κ3) is 7.96. The van der Waals surface area contributed by atoms with Crippen molar-refractivity contribution in [2.45, 2.75) is 98.6 Å². The van der Waals surface area contributed by atoms with Crippen LogP contribution in [0.4, 0.5) is 0 Å². The standard InChI is InChI=1S/C34H46N2O7/c1-10-19-34(21-42-30(40)31(2,3)4)35-27(33(8,9)41)26(28(37)38)36(34)20-22-15-17-23(18-16-22)24-13-11-12-14-25(24)29(39)43-32(5,6)7/h11-18,35,41H,10,19-21H2,1-9H3,(H,37,38). The Hall–Kier alpha value is -3.85. The fourth-order valence-electron chi connectivity index (χ4n) is 5.02. The third-order valence-electron chi connectivity index (χ3n) is 7.06. The predicted octanol–water partition coefficient (Wildman–Crippen LogP) is 5.87. The number of rotatable bonds is 10. The molecular formula is C34H46N2O7. The van der Waals surface area contributed by atoms with E-state index in [1.54, 1.807) is 37.8 Å². The maximum absolute atomic E-state index is 12.9. The quantitative estimate of drug-likeness (QED) is 0.290. The zero-order chi connectivity index (χ0) is 32.4. The van der Waals surface area contributed by atoms with Crippen molar-refractivity contribution in [3.63, 3.8) is 0 Å². The summed E-state index contributed by atoms with van der Waals surface area (Å²) in [6.07, 6.45) is 1.10. The van der Waals surface area contributed by atoms with Gasteiger partial charge in [0.05, 0.1) is 16.7 Å². The molecule has 0 aliphatic carbocycles. The highest BCUT2D eigenvalue weighted by molar-refractivity contribution is 5.97. The molecule has 0 fully saturated rings. The van der Waals surface area contributed by atoms with Crippen molar-refractivity contribution in [1.82, 2.24) is 10.2 Å². The van der Waals surface area contributed by atoms with E-state index in [1.165, 1.54) is 13.8 Å². The van der Waals surface area contributed by atoms with E-state index in [2.05, 4.69) is 5.32 Å². The van der Waals surface area contributed by atoms with Crippen molar-refractivity contribution in [2.75, 3.05) is 6.61 Å². The van der Waals surface area contributed by atoms with Gasteiger partial charge in [-0.3, -0.25) is 4.79 Å². The number of carboxylic acid groups (broad SMARTS) is 1. The van der Waals surface area contributed by atoms with E-state index in [0.717, 1.165) is 16.7 Å². The summed E-state index contributed by atoms with van der Waals surface area (Å²) in [7, 11) is 0. The average molecular weight is 595 g/mol. The van der Waals surface area contributed by atoms with Crippen LogP contribution in [0.3, 0.4) is 0 Å². The molecule has 1 aliphatic heterocycles. The Balaban J connectivity index is 2.03. The first-order valence-electron chi connectivity index (χ1n) is 14.6. The highest BCUT2D eigenvalue weighted by atomic mass is 16.6. The van der Waals surface area contributed by atoms with Crippen LogP contribution in [0.1, 0.15) is 91.1 Å². The van der Waals surface area contributed by atoms with Gasteiger partial charge in [0.2, 0.25) is 0 Å². The van der Waals surface area contributed by atoms with Gasteiger partial charge in [0.25, 0.3) is 0 Å². The SMILES string of the molecule is CCCC1(COC(=O)C(C)(C)C)NC(C(C)(C)O)=C(C(=O)O)N1Cc1ccc(-c2ccccc2C(=O)OC(C)(C)C)cc1. The van der Waals surface area contributed by atoms with E-state index in [1.807, 2.05) is 64.1 Å². The molecule has 0 spiro atoms. The lowest BCUT2D eigenvalue weighted by molar-refractivity contribution is -0.158. The molecule has 234 valence electrons. The lowest BCUT2D eigenvalue weighted by Gasteiger charge is -2.41. The van der Waals surface area contributed by atoms with Crippen LogP contribution in [0.5, 0.6) is 0 Å². The summed E-state index contributed by atoms with van der Waals surface area (Å²) in [5, 5.41) is 24.6. The van der Waals surface area contributed by atoms with Crippen molar-refractivity contribution < 1.29 is 34.1 Å². The molecule has 2 aromatic rings. The second-order valence-electron chi connectivity index (χ2n) is 13.7. The molecular weight excluding hydrogens is 548 g/mol. The zero-order valence-corrected chi connectivity index (χ0v) is 26.8. The minimum Gasteiger partial charge on any atom is -0.477 e. The number of benzene rings is 2. The summed E-state index contributed by atoms with van der Waals surface area (Å²) >= 11 is 0. The minimum absolute atomic E-state index is 0.0768. The summed E-state index contributed by atoms with van der Waals surface area (Å²) < 4.78 is 11.4. The van der Waals surface area contributed by atoms with Gasteiger partial charge < -0.3 is 29.9 Å². The summed E-state index contributed by atoms with van der Waals surface area (Å²) in [6.45, 7) is 15.8. The number of ether oxygens (including phenoxy) is 2. The van der Waals surface area contributed by atoms with Gasteiger partial charge >= 0.3 is 17.9 Å². The maximum atomic E-state index is 12.9. The van der Waals surface area contributed by atoms with Crippen molar-refractivity contribution in [3.8, 4) is 11.1 Å². The van der Waals surface area contributed by atoms with E-state index in [4.69, 9.17) is 9.47 Å². The van der Waals surface area contributed by atoms with Crippen molar-refractivity contribution >= 4 is 17.9 Å². The number of hydrogen-bond donors (Lipinski definition) is 3. The molecule has 2 aromatic carbocycles. The van der Waals surface area contributed by atoms with Gasteiger partial charge in [-0.2, -0.15) is 0 Å². The fraction of sp³-hybridized carbons (Fsp3) is 0.500. The Labute approximate surface area is 254 Å². The first-order chi connectivity index (χ1) is 19.8. The molecule has 1 atom stereocenters. The summed E-state index contributed by atoms with van der Waals surface area (Å²) in [6, 6.07) is 14.7. The van der Waals surface area contributed by atoms with Crippen molar-refractivity contribution in [3.05, 3.63) is 71.1 Å². The number of carbonyl (C=O) groups is 3. The lowest BCUT2D eigenvalue weighted by atomic mass is 9.96. The molecule has 3 rings (SSSR count). The molecule has 0 aromatic heterocycles. The van der Waals surface area contributed by atoms with Gasteiger partial charge in [0.15, 0.2) is 0 Å². The Morgan fingerprint density at radius 2 is 1.53 bits per heavy atom. The van der Waals surface area contributed by atoms with Crippen LogP contribution in [0, 0.1) is 5.41 Å². The van der Waals surface area contributed by atoms with Crippen LogP contribution in [0.25, 0.3) is 11.1 Å². The second kappa shape index (κ2) is 12.4. The van der Waals surface area contributed by atoms with E-state index < -0.39 is 40.2 Å². The molecule has 43 heavy (non-hydrogen) atoms. The van der Waals surface area contributed by atoms with Gasteiger partial charge in [-0.25, -0.2) is 9.59 Å². The third-order valence-corrected chi connectivity index (χ3v) is 7.06.